The summed E-state index contributed by atoms with van der Waals surface area (Å²) in [7, 11) is 0. The average Bonchev–Trinajstić information content (AvgIpc) is 2.77. The summed E-state index contributed by atoms with van der Waals surface area (Å²) in [6.45, 7) is 2.71. The molecule has 1 aliphatic heterocycles. The van der Waals surface area contributed by atoms with Crippen LogP contribution >= 0.6 is 0 Å². The lowest BCUT2D eigenvalue weighted by Crippen LogP contribution is -2.53. The summed E-state index contributed by atoms with van der Waals surface area (Å²) >= 11 is 0. The maximum absolute atomic E-state index is 14.4. The first-order valence-electron chi connectivity index (χ1n) is 10.0. The maximum Gasteiger partial charge on any atom is 0.126 e. The molecule has 3 aromatic rings. The number of ether oxygens (including phenoxy) is 1. The molecule has 29 heavy (non-hydrogen) atoms. The average molecular weight is 391 g/mol. The molecule has 1 heterocycles. The minimum absolute atomic E-state index is 0.160. The van der Waals surface area contributed by atoms with Gasteiger partial charge in [-0.15, -0.1) is 0 Å². The highest BCUT2D eigenvalue weighted by molar-refractivity contribution is 5.29. The molecule has 1 fully saturated rings. The van der Waals surface area contributed by atoms with E-state index in [0.29, 0.717) is 18.7 Å². The lowest BCUT2D eigenvalue weighted by Gasteiger charge is -2.42. The van der Waals surface area contributed by atoms with Gasteiger partial charge < -0.3 is 9.84 Å². The monoisotopic (exact) mass is 391 g/mol. The first kappa shape index (κ1) is 19.8. The molecule has 1 N–H and O–H groups in total. The fourth-order valence-corrected chi connectivity index (χ4v) is 4.04. The van der Waals surface area contributed by atoms with Crippen LogP contribution in [-0.2, 0) is 23.3 Å². The van der Waals surface area contributed by atoms with Crippen molar-refractivity contribution in [3.8, 4) is 0 Å². The van der Waals surface area contributed by atoms with Crippen LogP contribution in [-0.4, -0.2) is 35.8 Å². The van der Waals surface area contributed by atoms with Crippen molar-refractivity contribution in [3.05, 3.63) is 107 Å². The molecule has 3 aromatic carbocycles. The van der Waals surface area contributed by atoms with Gasteiger partial charge in [0.15, 0.2) is 0 Å². The van der Waals surface area contributed by atoms with E-state index >= 15 is 0 Å². The Bertz CT molecular complexity index is 918. The van der Waals surface area contributed by atoms with Gasteiger partial charge in [0.25, 0.3) is 0 Å². The molecule has 0 aromatic heterocycles. The van der Waals surface area contributed by atoms with Crippen molar-refractivity contribution in [2.75, 3.05) is 19.7 Å². The molecule has 0 unspecified atom stereocenters. The Labute approximate surface area is 171 Å². The van der Waals surface area contributed by atoms with Gasteiger partial charge in [-0.05, 0) is 22.8 Å². The number of aliphatic hydroxyl groups is 1. The van der Waals surface area contributed by atoms with Gasteiger partial charge in [0.05, 0.1) is 6.61 Å². The summed E-state index contributed by atoms with van der Waals surface area (Å²) in [5, 5.41) is 11.9. The van der Waals surface area contributed by atoms with E-state index in [1.807, 2.05) is 48.5 Å². The minimum atomic E-state index is -1.32. The molecule has 150 valence electrons. The number of benzene rings is 3. The Balaban J connectivity index is 1.61. The zero-order chi connectivity index (χ0) is 20.1. The summed E-state index contributed by atoms with van der Waals surface area (Å²) in [5.74, 6) is -0.307. The predicted molar refractivity (Wildman–Crippen MR) is 112 cm³/mol. The highest BCUT2D eigenvalue weighted by Crippen LogP contribution is 2.34. The van der Waals surface area contributed by atoms with Crippen molar-refractivity contribution in [2.24, 2.45) is 0 Å². The number of morpholine rings is 1. The van der Waals surface area contributed by atoms with Gasteiger partial charge in [0.2, 0.25) is 0 Å². The zero-order valence-corrected chi connectivity index (χ0v) is 16.4. The van der Waals surface area contributed by atoms with Crippen LogP contribution in [0.15, 0.2) is 84.9 Å². The smallest absolute Gasteiger partial charge is 0.126 e. The molecular weight excluding hydrogens is 365 g/mol. The van der Waals surface area contributed by atoms with E-state index in [-0.39, 0.29) is 12.2 Å². The van der Waals surface area contributed by atoms with Crippen LogP contribution in [0.2, 0.25) is 0 Å². The molecule has 0 saturated carbocycles. The standard InChI is InChI=1S/C25H26FNO2/c26-23-14-8-7-11-21(23)17-25(28,22-12-5-2-6-13-22)24-19-27(15-16-29-24)18-20-9-3-1-4-10-20/h1-14,24,28H,15-19H2/t24-,25+/m0/s1. The summed E-state index contributed by atoms with van der Waals surface area (Å²) < 4.78 is 20.5. The van der Waals surface area contributed by atoms with Gasteiger partial charge >= 0.3 is 0 Å². The van der Waals surface area contributed by atoms with E-state index < -0.39 is 11.7 Å². The topological polar surface area (TPSA) is 32.7 Å². The maximum atomic E-state index is 14.4. The van der Waals surface area contributed by atoms with Crippen LogP contribution in [0.5, 0.6) is 0 Å². The predicted octanol–water partition coefficient (Wildman–Crippen LogP) is 4.16. The number of hydrogen-bond acceptors (Lipinski definition) is 3. The van der Waals surface area contributed by atoms with Crippen molar-refractivity contribution >= 4 is 0 Å². The second kappa shape index (κ2) is 8.87. The van der Waals surface area contributed by atoms with E-state index in [0.717, 1.165) is 18.7 Å². The van der Waals surface area contributed by atoms with E-state index in [1.54, 1.807) is 18.2 Å². The third-order valence-electron chi connectivity index (χ3n) is 5.62. The number of halogens is 1. The van der Waals surface area contributed by atoms with E-state index in [1.165, 1.54) is 11.6 Å². The fraction of sp³-hybridized carbons (Fsp3) is 0.280. The van der Waals surface area contributed by atoms with Crippen molar-refractivity contribution in [1.29, 1.82) is 0 Å². The quantitative estimate of drug-likeness (QED) is 0.685. The molecule has 0 amide bonds. The Hall–Kier alpha value is -2.53. The van der Waals surface area contributed by atoms with Crippen molar-refractivity contribution in [2.45, 2.75) is 24.7 Å². The molecule has 0 radical (unpaired) electrons. The lowest BCUT2D eigenvalue weighted by atomic mass is 9.81. The van der Waals surface area contributed by atoms with Crippen LogP contribution in [0, 0.1) is 5.82 Å². The first-order chi connectivity index (χ1) is 14.1. The van der Waals surface area contributed by atoms with Gasteiger partial charge in [0.1, 0.15) is 17.5 Å². The summed E-state index contributed by atoms with van der Waals surface area (Å²) in [6, 6.07) is 26.4. The molecule has 2 atom stereocenters. The van der Waals surface area contributed by atoms with Gasteiger partial charge in [-0.3, -0.25) is 4.90 Å². The highest BCUT2D eigenvalue weighted by Gasteiger charge is 2.42. The number of nitrogens with zero attached hydrogens (tertiary/aromatic N) is 1. The van der Waals surface area contributed by atoms with Gasteiger partial charge in [0, 0.05) is 26.1 Å². The van der Waals surface area contributed by atoms with Gasteiger partial charge in [-0.1, -0.05) is 78.9 Å². The van der Waals surface area contributed by atoms with Crippen LogP contribution in [0.3, 0.4) is 0 Å². The van der Waals surface area contributed by atoms with Crippen molar-refractivity contribution < 1.29 is 14.2 Å². The summed E-state index contributed by atoms with van der Waals surface area (Å²) in [4.78, 5) is 2.29. The van der Waals surface area contributed by atoms with Crippen LogP contribution < -0.4 is 0 Å². The largest absolute Gasteiger partial charge is 0.382 e. The zero-order valence-electron chi connectivity index (χ0n) is 16.4. The first-order valence-corrected chi connectivity index (χ1v) is 10.0. The van der Waals surface area contributed by atoms with E-state index in [2.05, 4.69) is 17.0 Å². The van der Waals surface area contributed by atoms with Crippen LogP contribution in [0.25, 0.3) is 0 Å². The van der Waals surface area contributed by atoms with Crippen molar-refractivity contribution in [3.63, 3.8) is 0 Å². The molecule has 0 spiro atoms. The SMILES string of the molecule is O[C@](Cc1ccccc1F)(c1ccccc1)[C@@H]1CN(Cc2ccccc2)CCO1. The third kappa shape index (κ3) is 4.56. The molecule has 4 heteroatoms. The Kier molecular flexibility index (Phi) is 6.05. The van der Waals surface area contributed by atoms with Gasteiger partial charge in [-0.25, -0.2) is 4.39 Å². The van der Waals surface area contributed by atoms with Crippen LogP contribution in [0.1, 0.15) is 16.7 Å². The number of rotatable bonds is 6. The Morgan fingerprint density at radius 2 is 1.59 bits per heavy atom. The molecule has 4 rings (SSSR count). The molecule has 3 nitrogen and oxygen atoms in total. The normalized spacial score (nSPS) is 19.6. The fourth-order valence-electron chi connectivity index (χ4n) is 4.04. The second-order valence-electron chi connectivity index (χ2n) is 7.64. The lowest BCUT2D eigenvalue weighted by molar-refractivity contribution is -0.150. The van der Waals surface area contributed by atoms with Gasteiger partial charge in [-0.2, -0.15) is 0 Å². The van der Waals surface area contributed by atoms with Crippen LogP contribution in [0.4, 0.5) is 4.39 Å². The molecular formula is C25H26FNO2. The highest BCUT2D eigenvalue weighted by atomic mass is 19.1. The molecule has 0 bridgehead atoms. The minimum Gasteiger partial charge on any atom is -0.382 e. The molecule has 0 aliphatic carbocycles. The second-order valence-corrected chi connectivity index (χ2v) is 7.64. The van der Waals surface area contributed by atoms with E-state index in [9.17, 15) is 9.50 Å². The summed E-state index contributed by atoms with van der Waals surface area (Å²) in [6.07, 6.45) is -0.296. The third-order valence-corrected chi connectivity index (χ3v) is 5.62. The Morgan fingerprint density at radius 1 is 0.931 bits per heavy atom. The number of hydrogen-bond donors (Lipinski definition) is 1. The van der Waals surface area contributed by atoms with Crippen molar-refractivity contribution in [1.82, 2.24) is 4.90 Å². The molecule has 1 saturated heterocycles. The molecule has 1 aliphatic rings. The Morgan fingerprint density at radius 3 is 2.31 bits per heavy atom. The van der Waals surface area contributed by atoms with E-state index in [4.69, 9.17) is 4.74 Å². The summed E-state index contributed by atoms with van der Waals surface area (Å²) in [5.41, 5.74) is 1.14.